The zero-order valence-corrected chi connectivity index (χ0v) is 20.3. The number of fused-ring (bicyclic) bond motifs is 1. The molecule has 11 heteroatoms. The summed E-state index contributed by atoms with van der Waals surface area (Å²) in [7, 11) is -3.77. The third-order valence-corrected chi connectivity index (χ3v) is 8.23. The van der Waals surface area contributed by atoms with Crippen LogP contribution in [0, 0.1) is 0 Å². The minimum Gasteiger partial charge on any atom is -0.444 e. The Kier molecular flexibility index (Phi) is 6.49. The maximum atomic E-state index is 13.1. The second-order valence-electron chi connectivity index (χ2n) is 7.66. The molecule has 2 amide bonds. The topological polar surface area (TPSA) is 96.0 Å². The molecule has 1 N–H and O–H groups in total. The van der Waals surface area contributed by atoms with Gasteiger partial charge >= 0.3 is 6.09 Å². The highest BCUT2D eigenvalue weighted by molar-refractivity contribution is 9.10. The predicted molar refractivity (Wildman–Crippen MR) is 124 cm³/mol. The molecule has 1 saturated heterocycles. The van der Waals surface area contributed by atoms with Gasteiger partial charge < -0.3 is 10.1 Å². The van der Waals surface area contributed by atoms with E-state index in [1.165, 1.54) is 29.4 Å². The highest BCUT2D eigenvalue weighted by Crippen LogP contribution is 2.35. The fraction of sp³-hybridized carbons (Fsp3) is 0.333. The Morgan fingerprint density at radius 3 is 2.56 bits per heavy atom. The quantitative estimate of drug-likeness (QED) is 0.619. The lowest BCUT2D eigenvalue weighted by Gasteiger charge is -2.39. The number of hydrogen-bond acceptors (Lipinski definition) is 5. The first-order valence-corrected chi connectivity index (χ1v) is 12.6. The first-order valence-electron chi connectivity index (χ1n) is 9.98. The fourth-order valence-electron chi connectivity index (χ4n) is 3.99. The van der Waals surface area contributed by atoms with Crippen LogP contribution in [0.1, 0.15) is 25.3 Å². The van der Waals surface area contributed by atoms with Crippen molar-refractivity contribution in [3.63, 3.8) is 0 Å². The molecule has 0 unspecified atom stereocenters. The van der Waals surface area contributed by atoms with Gasteiger partial charge in [0.15, 0.2) is 0 Å². The van der Waals surface area contributed by atoms with Gasteiger partial charge in [-0.05, 0) is 49.2 Å². The molecule has 2 aromatic carbocycles. The van der Waals surface area contributed by atoms with Crippen molar-refractivity contribution in [3.05, 3.63) is 51.5 Å². The molecule has 0 spiro atoms. The Morgan fingerprint density at radius 1 is 1.19 bits per heavy atom. The first kappa shape index (κ1) is 23.0. The molecule has 0 radical (unpaired) electrons. The van der Waals surface area contributed by atoms with Crippen molar-refractivity contribution in [1.82, 2.24) is 4.31 Å². The molecule has 0 bridgehead atoms. The van der Waals surface area contributed by atoms with Crippen LogP contribution < -0.4 is 10.2 Å². The van der Waals surface area contributed by atoms with E-state index in [2.05, 4.69) is 21.2 Å². The Morgan fingerprint density at radius 2 is 1.91 bits per heavy atom. The molecule has 2 aromatic rings. The van der Waals surface area contributed by atoms with Crippen molar-refractivity contribution in [1.29, 1.82) is 0 Å². The molecule has 170 valence electrons. The molecule has 0 aromatic heterocycles. The number of sulfonamides is 1. The minimum absolute atomic E-state index is 0.0580. The van der Waals surface area contributed by atoms with Crippen molar-refractivity contribution >= 4 is 60.9 Å². The Hall–Kier alpha value is -2.14. The average Bonchev–Trinajstić information content (AvgIpc) is 2.75. The van der Waals surface area contributed by atoms with E-state index in [-0.39, 0.29) is 41.6 Å². The smallest absolute Gasteiger partial charge is 0.414 e. The van der Waals surface area contributed by atoms with Gasteiger partial charge in [-0.2, -0.15) is 4.31 Å². The van der Waals surface area contributed by atoms with Crippen LogP contribution in [0.4, 0.5) is 16.2 Å². The highest BCUT2D eigenvalue weighted by Gasteiger charge is 2.37. The van der Waals surface area contributed by atoms with Crippen LogP contribution in [0.3, 0.4) is 0 Å². The maximum Gasteiger partial charge on any atom is 0.414 e. The number of nitrogens with zero attached hydrogens (tertiary/aromatic N) is 2. The average molecular weight is 543 g/mol. The number of halogens is 2. The summed E-state index contributed by atoms with van der Waals surface area (Å²) in [5, 5.41) is 2.71. The van der Waals surface area contributed by atoms with Gasteiger partial charge in [-0.3, -0.25) is 9.69 Å². The van der Waals surface area contributed by atoms with E-state index >= 15 is 0 Å². The van der Waals surface area contributed by atoms with Crippen molar-refractivity contribution in [2.45, 2.75) is 37.3 Å². The summed E-state index contributed by atoms with van der Waals surface area (Å²) in [5.74, 6) is -0.297. The zero-order chi connectivity index (χ0) is 23.0. The fourth-order valence-corrected chi connectivity index (χ4v) is 6.19. The number of rotatable bonds is 4. The van der Waals surface area contributed by atoms with Gasteiger partial charge in [0.05, 0.1) is 21.3 Å². The van der Waals surface area contributed by atoms with Crippen molar-refractivity contribution in [2.24, 2.45) is 0 Å². The number of cyclic esters (lactones) is 1. The normalized spacial score (nSPS) is 17.6. The minimum atomic E-state index is -3.77. The van der Waals surface area contributed by atoms with E-state index in [1.54, 1.807) is 4.90 Å². The second-order valence-corrected chi connectivity index (χ2v) is 10.9. The maximum absolute atomic E-state index is 13.1. The number of amides is 2. The van der Waals surface area contributed by atoms with Crippen molar-refractivity contribution < 1.29 is 22.7 Å². The number of nitrogens with one attached hydrogen (secondary N) is 1. The monoisotopic (exact) mass is 541 g/mol. The Bertz CT molecular complexity index is 1180. The summed E-state index contributed by atoms with van der Waals surface area (Å²) < 4.78 is 33.9. The number of ether oxygens (including phenoxy) is 1. The largest absolute Gasteiger partial charge is 0.444 e. The summed E-state index contributed by atoms with van der Waals surface area (Å²) in [6.07, 6.45) is 0.532. The van der Waals surface area contributed by atoms with Gasteiger partial charge in [0.1, 0.15) is 6.61 Å². The van der Waals surface area contributed by atoms with Crippen molar-refractivity contribution in [3.8, 4) is 0 Å². The summed E-state index contributed by atoms with van der Waals surface area (Å²) in [6, 6.07) is 9.74. The van der Waals surface area contributed by atoms with Gasteiger partial charge in [0.2, 0.25) is 15.9 Å². The summed E-state index contributed by atoms with van der Waals surface area (Å²) in [4.78, 5) is 25.4. The van der Waals surface area contributed by atoms with E-state index in [0.29, 0.717) is 18.5 Å². The number of piperidine rings is 1. The van der Waals surface area contributed by atoms with Gasteiger partial charge in [-0.1, -0.05) is 27.5 Å². The van der Waals surface area contributed by atoms with Gasteiger partial charge in [-0.25, -0.2) is 13.2 Å². The molecule has 8 nitrogen and oxygen atoms in total. The van der Waals surface area contributed by atoms with Crippen LogP contribution in [0.2, 0.25) is 5.02 Å². The number of benzene rings is 2. The summed E-state index contributed by atoms with van der Waals surface area (Å²) in [6.45, 7) is 2.08. The van der Waals surface area contributed by atoms with Crippen LogP contribution in [-0.4, -0.2) is 43.9 Å². The molecular weight excluding hydrogens is 522 g/mol. The lowest BCUT2D eigenvalue weighted by atomic mass is 10.0. The number of hydrogen-bond donors (Lipinski definition) is 1. The summed E-state index contributed by atoms with van der Waals surface area (Å²) in [5.41, 5.74) is 2.06. The molecule has 4 rings (SSSR count). The lowest BCUT2D eigenvalue weighted by Crippen LogP contribution is -2.50. The lowest BCUT2D eigenvalue weighted by molar-refractivity contribution is -0.114. The standard InChI is InChI=1S/C21H21BrClN3O5S/c1-13(27)24-19-4-3-17(11-18(19)23)32(29,30)25-8-6-16(7-9-25)26-20-5-2-15(22)10-14(20)12-31-21(26)28/h2-5,10-11,16H,6-9,12H2,1H3,(H,24,27). The second kappa shape index (κ2) is 9.01. The zero-order valence-electron chi connectivity index (χ0n) is 17.2. The van der Waals surface area contributed by atoms with Crippen molar-refractivity contribution in [2.75, 3.05) is 23.3 Å². The van der Waals surface area contributed by atoms with Crippen LogP contribution in [0.25, 0.3) is 0 Å². The van der Waals surface area contributed by atoms with E-state index in [4.69, 9.17) is 16.3 Å². The molecule has 2 aliphatic heterocycles. The van der Waals surface area contributed by atoms with Crippen LogP contribution in [0.5, 0.6) is 0 Å². The Labute approximate surface area is 199 Å². The van der Waals surface area contributed by atoms with E-state index in [1.807, 2.05) is 18.2 Å². The Balaban J connectivity index is 1.50. The van der Waals surface area contributed by atoms with Crippen LogP contribution in [-0.2, 0) is 26.2 Å². The third kappa shape index (κ3) is 4.50. The van der Waals surface area contributed by atoms with E-state index < -0.39 is 16.1 Å². The van der Waals surface area contributed by atoms with Gasteiger partial charge in [0.25, 0.3) is 0 Å². The van der Waals surface area contributed by atoms with Gasteiger partial charge in [0, 0.05) is 36.1 Å². The predicted octanol–water partition coefficient (Wildman–Crippen LogP) is 4.37. The SMILES string of the molecule is CC(=O)Nc1ccc(S(=O)(=O)N2CCC(N3C(=O)OCc4cc(Br)ccc43)CC2)cc1Cl. The van der Waals surface area contributed by atoms with E-state index in [0.717, 1.165) is 15.7 Å². The van der Waals surface area contributed by atoms with Gasteiger partial charge in [-0.15, -0.1) is 0 Å². The number of carbonyl (C=O) groups is 2. The molecule has 0 atom stereocenters. The molecular formula is C21H21BrClN3O5S. The first-order chi connectivity index (χ1) is 15.2. The molecule has 2 heterocycles. The molecule has 1 fully saturated rings. The van der Waals surface area contributed by atoms with E-state index in [9.17, 15) is 18.0 Å². The molecule has 32 heavy (non-hydrogen) atoms. The molecule has 2 aliphatic rings. The molecule has 0 saturated carbocycles. The summed E-state index contributed by atoms with van der Waals surface area (Å²) >= 11 is 9.59. The van der Waals surface area contributed by atoms with Crippen LogP contribution >= 0.6 is 27.5 Å². The number of anilines is 2. The molecule has 0 aliphatic carbocycles. The number of carbonyl (C=O) groups excluding carboxylic acids is 2. The third-order valence-electron chi connectivity index (χ3n) is 5.53. The highest BCUT2D eigenvalue weighted by atomic mass is 79.9. The van der Waals surface area contributed by atoms with Crippen LogP contribution in [0.15, 0.2) is 45.8 Å².